The Hall–Kier alpha value is -1.98. The van der Waals surface area contributed by atoms with Crippen molar-refractivity contribution in [3.05, 3.63) is 48.0 Å². The summed E-state index contributed by atoms with van der Waals surface area (Å²) in [7, 11) is 2.11. The largest absolute Gasteiger partial charge is 0.454 e. The second-order valence-electron chi connectivity index (χ2n) is 6.58. The molecule has 0 aliphatic carbocycles. The summed E-state index contributed by atoms with van der Waals surface area (Å²) in [5.74, 6) is 2.04. The molecule has 0 atom stereocenters. The van der Waals surface area contributed by atoms with Gasteiger partial charge in [0.2, 0.25) is 6.79 Å². The number of hydrogen-bond donors (Lipinski definition) is 0. The normalized spacial score (nSPS) is 17.6. The maximum Gasteiger partial charge on any atom is 0.231 e. The second-order valence-corrected chi connectivity index (χ2v) is 7.73. The van der Waals surface area contributed by atoms with E-state index in [1.54, 1.807) is 11.8 Å². The smallest absolute Gasteiger partial charge is 0.231 e. The predicted octanol–water partition coefficient (Wildman–Crippen LogP) is 4.09. The Kier molecular flexibility index (Phi) is 4.68. The second kappa shape index (κ2) is 7.10. The van der Waals surface area contributed by atoms with E-state index in [0.717, 1.165) is 52.8 Å². The first kappa shape index (κ1) is 16.5. The molecule has 0 N–H and O–H groups in total. The average Bonchev–Trinajstić information content (AvgIpc) is 3.10. The molecule has 0 bridgehead atoms. The minimum atomic E-state index is 0.170. The number of carbonyl (C=O) groups excluding carboxylic acids is 1. The number of nitrogens with zero attached hydrogens (tertiary/aromatic N) is 1. The fourth-order valence-electron chi connectivity index (χ4n) is 3.27. The number of Topliss-reactive ketones (excluding diaryl/α,β-unsaturated/α-hetero) is 1. The highest BCUT2D eigenvalue weighted by molar-refractivity contribution is 7.99. The fourth-order valence-corrected chi connectivity index (χ4v) is 4.12. The van der Waals surface area contributed by atoms with Gasteiger partial charge in [-0.25, -0.2) is 0 Å². The topological polar surface area (TPSA) is 38.8 Å². The van der Waals surface area contributed by atoms with Gasteiger partial charge in [0.25, 0.3) is 0 Å². The lowest BCUT2D eigenvalue weighted by molar-refractivity contribution is 0.0856. The van der Waals surface area contributed by atoms with Gasteiger partial charge in [0.1, 0.15) is 0 Å². The van der Waals surface area contributed by atoms with Crippen molar-refractivity contribution in [1.29, 1.82) is 0 Å². The van der Waals surface area contributed by atoms with E-state index >= 15 is 0 Å². The van der Waals surface area contributed by atoms with Crippen LogP contribution in [-0.2, 0) is 0 Å². The molecular weight excluding hydrogens is 334 g/mol. The van der Waals surface area contributed by atoms with Crippen molar-refractivity contribution >= 4 is 17.5 Å². The highest BCUT2D eigenvalue weighted by atomic mass is 32.2. The third-order valence-electron chi connectivity index (χ3n) is 4.81. The highest BCUT2D eigenvalue weighted by Gasteiger charge is 2.24. The summed E-state index contributed by atoms with van der Waals surface area (Å²) in [6.45, 7) is 2.31. The third-order valence-corrected chi connectivity index (χ3v) is 5.81. The van der Waals surface area contributed by atoms with Gasteiger partial charge in [-0.05, 0) is 63.3 Å². The van der Waals surface area contributed by atoms with Gasteiger partial charge >= 0.3 is 0 Å². The van der Waals surface area contributed by atoms with Gasteiger partial charge in [-0.15, -0.1) is 0 Å². The molecule has 0 amide bonds. The average molecular weight is 355 g/mol. The molecule has 2 heterocycles. The van der Waals surface area contributed by atoms with Gasteiger partial charge in [0.05, 0.1) is 0 Å². The van der Waals surface area contributed by atoms with Crippen LogP contribution in [0, 0.1) is 5.92 Å². The van der Waals surface area contributed by atoms with Crippen LogP contribution in [0.25, 0.3) is 0 Å². The molecule has 2 aromatic rings. The van der Waals surface area contributed by atoms with E-state index in [4.69, 9.17) is 9.47 Å². The molecule has 4 rings (SSSR count). The maximum absolute atomic E-state index is 12.6. The van der Waals surface area contributed by atoms with Crippen LogP contribution in [-0.4, -0.2) is 37.6 Å². The lowest BCUT2D eigenvalue weighted by atomic mass is 9.89. The monoisotopic (exact) mass is 355 g/mol. The number of carbonyl (C=O) groups is 1. The zero-order chi connectivity index (χ0) is 17.2. The molecule has 2 aromatic carbocycles. The van der Waals surface area contributed by atoms with E-state index in [-0.39, 0.29) is 18.5 Å². The summed E-state index contributed by atoms with van der Waals surface area (Å²) in [6.07, 6.45) is 1.92. The van der Waals surface area contributed by atoms with Crippen LogP contribution in [0.5, 0.6) is 11.5 Å². The number of ketones is 1. The molecule has 2 aliphatic heterocycles. The first-order valence-electron chi connectivity index (χ1n) is 8.59. The van der Waals surface area contributed by atoms with E-state index in [1.165, 1.54) is 0 Å². The molecule has 0 spiro atoms. The molecule has 0 radical (unpaired) electrons. The van der Waals surface area contributed by atoms with E-state index in [2.05, 4.69) is 11.9 Å². The van der Waals surface area contributed by atoms with Crippen molar-refractivity contribution in [2.45, 2.75) is 22.6 Å². The van der Waals surface area contributed by atoms with Crippen molar-refractivity contribution in [3.63, 3.8) is 0 Å². The van der Waals surface area contributed by atoms with Crippen molar-refractivity contribution in [1.82, 2.24) is 4.90 Å². The molecule has 5 heteroatoms. The quantitative estimate of drug-likeness (QED) is 0.773. The summed E-state index contributed by atoms with van der Waals surface area (Å²) < 4.78 is 10.8. The number of rotatable bonds is 4. The molecule has 130 valence electrons. The van der Waals surface area contributed by atoms with Crippen LogP contribution in [0.15, 0.2) is 52.3 Å². The molecule has 0 aromatic heterocycles. The predicted molar refractivity (Wildman–Crippen MR) is 97.7 cm³/mol. The first-order chi connectivity index (χ1) is 12.2. The minimum absolute atomic E-state index is 0.170. The molecule has 0 saturated carbocycles. The zero-order valence-electron chi connectivity index (χ0n) is 14.2. The molecule has 2 aliphatic rings. The minimum Gasteiger partial charge on any atom is -0.454 e. The zero-order valence-corrected chi connectivity index (χ0v) is 15.1. The van der Waals surface area contributed by atoms with E-state index in [9.17, 15) is 4.79 Å². The number of likely N-dealkylation sites (tertiary alicyclic amines) is 1. The van der Waals surface area contributed by atoms with E-state index in [1.807, 2.05) is 42.5 Å². The summed E-state index contributed by atoms with van der Waals surface area (Å²) in [6, 6.07) is 13.9. The van der Waals surface area contributed by atoms with E-state index < -0.39 is 0 Å². The van der Waals surface area contributed by atoms with Crippen molar-refractivity contribution in [2.24, 2.45) is 5.92 Å². The SMILES string of the molecule is CN1CCC(C(=O)c2ccc(Sc3ccc4c(c3)OCO4)cc2)CC1. The Balaban J connectivity index is 1.42. The summed E-state index contributed by atoms with van der Waals surface area (Å²) in [5.41, 5.74) is 0.824. The van der Waals surface area contributed by atoms with Gasteiger partial charge in [0, 0.05) is 21.3 Å². The molecular formula is C20H21NO3S. The molecule has 1 fully saturated rings. The molecule has 1 saturated heterocycles. The van der Waals surface area contributed by atoms with Crippen LogP contribution < -0.4 is 9.47 Å². The lowest BCUT2D eigenvalue weighted by Gasteiger charge is -2.28. The molecule has 25 heavy (non-hydrogen) atoms. The van der Waals surface area contributed by atoms with Gasteiger partial charge in [-0.2, -0.15) is 0 Å². The van der Waals surface area contributed by atoms with Gasteiger partial charge < -0.3 is 14.4 Å². The van der Waals surface area contributed by atoms with Crippen LogP contribution in [0.3, 0.4) is 0 Å². The Morgan fingerprint density at radius 1 is 1.00 bits per heavy atom. The lowest BCUT2D eigenvalue weighted by Crippen LogP contribution is -2.33. The van der Waals surface area contributed by atoms with Crippen molar-refractivity contribution in [3.8, 4) is 11.5 Å². The van der Waals surface area contributed by atoms with Gasteiger partial charge in [-0.1, -0.05) is 23.9 Å². The maximum atomic E-state index is 12.6. The number of hydrogen-bond acceptors (Lipinski definition) is 5. The Bertz CT molecular complexity index is 767. The van der Waals surface area contributed by atoms with Crippen LogP contribution in [0.2, 0.25) is 0 Å². The first-order valence-corrected chi connectivity index (χ1v) is 9.41. The number of ether oxygens (including phenoxy) is 2. The number of benzene rings is 2. The third kappa shape index (κ3) is 3.67. The van der Waals surface area contributed by atoms with E-state index in [0.29, 0.717) is 0 Å². The molecule has 4 nitrogen and oxygen atoms in total. The highest BCUT2D eigenvalue weighted by Crippen LogP contribution is 2.38. The standard InChI is InChI=1S/C20H21NO3S/c1-21-10-8-15(9-11-21)20(22)14-2-4-16(5-3-14)25-17-6-7-18-19(12-17)24-13-23-18/h2-7,12,15H,8-11,13H2,1H3. The van der Waals surface area contributed by atoms with Crippen LogP contribution >= 0.6 is 11.8 Å². The van der Waals surface area contributed by atoms with Crippen LogP contribution in [0.4, 0.5) is 0 Å². The molecule has 0 unspecified atom stereocenters. The van der Waals surface area contributed by atoms with Gasteiger partial charge in [0.15, 0.2) is 17.3 Å². The summed E-state index contributed by atoms with van der Waals surface area (Å²) in [5, 5.41) is 0. The van der Waals surface area contributed by atoms with Crippen molar-refractivity contribution in [2.75, 3.05) is 26.9 Å². The number of fused-ring (bicyclic) bond motifs is 1. The summed E-state index contributed by atoms with van der Waals surface area (Å²) >= 11 is 1.66. The van der Waals surface area contributed by atoms with Gasteiger partial charge in [-0.3, -0.25) is 4.79 Å². The van der Waals surface area contributed by atoms with Crippen molar-refractivity contribution < 1.29 is 14.3 Å². The summed E-state index contributed by atoms with van der Waals surface area (Å²) in [4.78, 5) is 17.1. The Labute approximate surface area is 152 Å². The fraction of sp³-hybridized carbons (Fsp3) is 0.350. The Morgan fingerprint density at radius 3 is 2.44 bits per heavy atom. The van der Waals surface area contributed by atoms with Crippen LogP contribution in [0.1, 0.15) is 23.2 Å². The Morgan fingerprint density at radius 2 is 1.68 bits per heavy atom. The number of piperidine rings is 1.